The standard InChI is InChI=1S/C37H56N2O5/c1-4-6-8-9-10-11-12-13-14-15-16-17-18-19-20-21-36(40)39-38-30-31-22-27-34(35(29-31)42-3)44-37(41)32-23-25-33(26-24-32)43-28-7-5-2/h22-27,29-30H,4-21,28H2,1-3H3,(H,39,40)/b38-30+. The van der Waals surface area contributed by atoms with Crippen molar-refractivity contribution in [1.29, 1.82) is 0 Å². The third-order valence-electron chi connectivity index (χ3n) is 7.66. The Labute approximate surface area is 266 Å². The van der Waals surface area contributed by atoms with Gasteiger partial charge in [-0.1, -0.05) is 110 Å². The predicted octanol–water partition coefficient (Wildman–Crippen LogP) is 9.80. The number of ether oxygens (including phenoxy) is 3. The van der Waals surface area contributed by atoms with Crippen molar-refractivity contribution in [3.63, 3.8) is 0 Å². The Morgan fingerprint density at radius 3 is 1.84 bits per heavy atom. The molecule has 7 nitrogen and oxygen atoms in total. The van der Waals surface area contributed by atoms with Gasteiger partial charge in [0.2, 0.25) is 5.91 Å². The molecular formula is C37H56N2O5. The van der Waals surface area contributed by atoms with E-state index in [0.717, 1.165) is 31.4 Å². The van der Waals surface area contributed by atoms with Gasteiger partial charge in [-0.3, -0.25) is 4.79 Å². The number of methoxy groups -OCH3 is 1. The van der Waals surface area contributed by atoms with Crippen LogP contribution in [-0.4, -0.2) is 31.8 Å². The Kier molecular flexibility index (Phi) is 20.1. The van der Waals surface area contributed by atoms with E-state index in [2.05, 4.69) is 24.4 Å². The summed E-state index contributed by atoms with van der Waals surface area (Å²) < 4.78 is 16.6. The smallest absolute Gasteiger partial charge is 0.343 e. The molecule has 0 radical (unpaired) electrons. The van der Waals surface area contributed by atoms with Crippen LogP contribution < -0.4 is 19.6 Å². The summed E-state index contributed by atoms with van der Waals surface area (Å²) in [6, 6.07) is 12.0. The van der Waals surface area contributed by atoms with Crippen molar-refractivity contribution in [3.8, 4) is 17.2 Å². The maximum absolute atomic E-state index is 12.6. The molecule has 0 aliphatic carbocycles. The number of carbonyl (C=O) groups is 2. The second-order valence-corrected chi connectivity index (χ2v) is 11.5. The van der Waals surface area contributed by atoms with Gasteiger partial charge in [0.05, 0.1) is 25.5 Å². The number of hydrazone groups is 1. The molecule has 1 N–H and O–H groups in total. The molecule has 1 amide bonds. The van der Waals surface area contributed by atoms with Crippen molar-refractivity contribution in [2.24, 2.45) is 5.10 Å². The summed E-state index contributed by atoms with van der Waals surface area (Å²) >= 11 is 0. The highest BCUT2D eigenvalue weighted by Gasteiger charge is 2.13. The lowest BCUT2D eigenvalue weighted by molar-refractivity contribution is -0.121. The predicted molar refractivity (Wildman–Crippen MR) is 180 cm³/mol. The van der Waals surface area contributed by atoms with Gasteiger partial charge in [0.1, 0.15) is 5.75 Å². The van der Waals surface area contributed by atoms with E-state index in [0.29, 0.717) is 35.7 Å². The van der Waals surface area contributed by atoms with Gasteiger partial charge < -0.3 is 14.2 Å². The van der Waals surface area contributed by atoms with E-state index in [9.17, 15) is 9.59 Å². The SMILES string of the molecule is CCCCCCCCCCCCCCCCCC(=O)N/N=C/c1ccc(OC(=O)c2ccc(OCCCC)cc2)c(OC)c1. The number of rotatable bonds is 25. The molecule has 0 aliphatic rings. The Morgan fingerprint density at radius 2 is 1.27 bits per heavy atom. The zero-order valence-corrected chi connectivity index (χ0v) is 27.5. The molecule has 0 saturated carbocycles. The molecule has 0 fully saturated rings. The van der Waals surface area contributed by atoms with Gasteiger partial charge in [0, 0.05) is 6.42 Å². The summed E-state index contributed by atoms with van der Waals surface area (Å²) in [4.78, 5) is 24.8. The first-order chi connectivity index (χ1) is 21.6. The van der Waals surface area contributed by atoms with Gasteiger partial charge in [-0.15, -0.1) is 0 Å². The van der Waals surface area contributed by atoms with E-state index in [-0.39, 0.29) is 5.91 Å². The van der Waals surface area contributed by atoms with Crippen molar-refractivity contribution in [2.75, 3.05) is 13.7 Å². The van der Waals surface area contributed by atoms with E-state index in [1.165, 1.54) is 90.6 Å². The maximum Gasteiger partial charge on any atom is 0.343 e. The van der Waals surface area contributed by atoms with Crippen molar-refractivity contribution >= 4 is 18.1 Å². The largest absolute Gasteiger partial charge is 0.494 e. The van der Waals surface area contributed by atoms with Gasteiger partial charge in [-0.2, -0.15) is 5.10 Å². The molecule has 44 heavy (non-hydrogen) atoms. The van der Waals surface area contributed by atoms with Crippen LogP contribution in [0.1, 0.15) is 145 Å². The second-order valence-electron chi connectivity index (χ2n) is 11.5. The maximum atomic E-state index is 12.6. The van der Waals surface area contributed by atoms with Gasteiger partial charge in [-0.05, 0) is 60.9 Å². The van der Waals surface area contributed by atoms with Crippen molar-refractivity contribution < 1.29 is 23.8 Å². The van der Waals surface area contributed by atoms with Crippen LogP contribution in [0.2, 0.25) is 0 Å². The van der Waals surface area contributed by atoms with E-state index < -0.39 is 5.97 Å². The summed E-state index contributed by atoms with van der Waals surface area (Å²) in [5, 5.41) is 4.08. The molecule has 2 aromatic carbocycles. The topological polar surface area (TPSA) is 86.2 Å². The average molecular weight is 609 g/mol. The summed E-state index contributed by atoms with van der Waals surface area (Å²) in [7, 11) is 1.51. The highest BCUT2D eigenvalue weighted by atomic mass is 16.6. The number of hydrogen-bond acceptors (Lipinski definition) is 6. The lowest BCUT2D eigenvalue weighted by atomic mass is 10.0. The quantitative estimate of drug-likeness (QED) is 0.0399. The van der Waals surface area contributed by atoms with Crippen LogP contribution in [0.4, 0.5) is 0 Å². The molecule has 0 aromatic heterocycles. The fraction of sp³-hybridized carbons (Fsp3) is 0.595. The highest BCUT2D eigenvalue weighted by molar-refractivity contribution is 5.91. The number of benzene rings is 2. The van der Waals surface area contributed by atoms with Crippen LogP contribution in [0.5, 0.6) is 17.2 Å². The van der Waals surface area contributed by atoms with E-state index in [1.807, 2.05) is 0 Å². The number of hydrogen-bond donors (Lipinski definition) is 1. The minimum atomic E-state index is -0.490. The lowest BCUT2D eigenvalue weighted by Crippen LogP contribution is -2.16. The molecular weight excluding hydrogens is 552 g/mol. The van der Waals surface area contributed by atoms with Crippen molar-refractivity contribution in [3.05, 3.63) is 53.6 Å². The third kappa shape index (κ3) is 16.5. The first-order valence-corrected chi connectivity index (χ1v) is 17.0. The van der Waals surface area contributed by atoms with Gasteiger partial charge >= 0.3 is 5.97 Å². The lowest BCUT2D eigenvalue weighted by Gasteiger charge is -2.10. The number of amides is 1. The molecule has 0 spiro atoms. The molecule has 0 aliphatic heterocycles. The van der Waals surface area contributed by atoms with Crippen molar-refractivity contribution in [1.82, 2.24) is 5.43 Å². The van der Waals surface area contributed by atoms with E-state index in [4.69, 9.17) is 14.2 Å². The van der Waals surface area contributed by atoms with Gasteiger partial charge in [-0.25, -0.2) is 10.2 Å². The average Bonchev–Trinajstić information content (AvgIpc) is 3.04. The monoisotopic (exact) mass is 608 g/mol. The molecule has 2 rings (SSSR count). The number of nitrogens with zero attached hydrogens (tertiary/aromatic N) is 1. The van der Waals surface area contributed by atoms with Crippen LogP contribution in [0.25, 0.3) is 0 Å². The Hall–Kier alpha value is -3.35. The molecule has 244 valence electrons. The molecule has 0 bridgehead atoms. The van der Waals surface area contributed by atoms with Crippen LogP contribution in [0.15, 0.2) is 47.6 Å². The number of nitrogens with one attached hydrogen (secondary N) is 1. The first kappa shape index (κ1) is 36.8. The molecule has 2 aromatic rings. The summed E-state index contributed by atoms with van der Waals surface area (Å²) in [6.07, 6.45) is 23.6. The molecule has 0 unspecified atom stereocenters. The van der Waals surface area contributed by atoms with E-state index >= 15 is 0 Å². The Bertz CT molecular complexity index is 1080. The Balaban J connectivity index is 1.59. The van der Waals surface area contributed by atoms with Gasteiger partial charge in [0.15, 0.2) is 11.5 Å². The molecule has 7 heteroatoms. The van der Waals surface area contributed by atoms with Crippen LogP contribution >= 0.6 is 0 Å². The second kappa shape index (κ2) is 24.0. The molecule has 0 atom stereocenters. The normalized spacial score (nSPS) is 11.1. The zero-order valence-electron chi connectivity index (χ0n) is 27.5. The fourth-order valence-electron chi connectivity index (χ4n) is 4.92. The van der Waals surface area contributed by atoms with E-state index in [1.54, 1.807) is 48.7 Å². The summed E-state index contributed by atoms with van der Waals surface area (Å²) in [6.45, 7) is 5.03. The van der Waals surface area contributed by atoms with Gasteiger partial charge in [0.25, 0.3) is 0 Å². The number of carbonyl (C=O) groups excluding carboxylic acids is 2. The fourth-order valence-corrected chi connectivity index (χ4v) is 4.92. The number of esters is 1. The number of unbranched alkanes of at least 4 members (excludes halogenated alkanes) is 15. The minimum absolute atomic E-state index is 0.0877. The summed E-state index contributed by atoms with van der Waals surface area (Å²) in [5.41, 5.74) is 3.73. The minimum Gasteiger partial charge on any atom is -0.494 e. The molecule has 0 heterocycles. The van der Waals surface area contributed by atoms with Crippen LogP contribution in [0.3, 0.4) is 0 Å². The summed E-state index contributed by atoms with van der Waals surface area (Å²) in [5.74, 6) is 0.838. The molecule has 0 saturated heterocycles. The Morgan fingerprint density at radius 1 is 0.705 bits per heavy atom. The van der Waals surface area contributed by atoms with Crippen LogP contribution in [-0.2, 0) is 4.79 Å². The van der Waals surface area contributed by atoms with Crippen LogP contribution in [0, 0.1) is 0 Å². The van der Waals surface area contributed by atoms with Crippen molar-refractivity contribution in [2.45, 2.75) is 129 Å². The first-order valence-electron chi connectivity index (χ1n) is 17.0. The highest BCUT2D eigenvalue weighted by Crippen LogP contribution is 2.28. The third-order valence-corrected chi connectivity index (χ3v) is 7.66. The zero-order chi connectivity index (χ0) is 31.7.